The smallest absolute Gasteiger partial charge is 0.331 e. The molecule has 7 heteroatoms. The molecule has 3 aromatic rings. The molecule has 3 rings (SSSR count). The summed E-state index contributed by atoms with van der Waals surface area (Å²) in [5.41, 5.74) is 3.11. The van der Waals surface area contributed by atoms with Gasteiger partial charge in [0.1, 0.15) is 5.65 Å². The van der Waals surface area contributed by atoms with Crippen molar-refractivity contribution in [1.29, 1.82) is 0 Å². The first-order valence-electron chi connectivity index (χ1n) is 9.35. The third kappa shape index (κ3) is 5.23. The van der Waals surface area contributed by atoms with Gasteiger partial charge in [0.05, 0.1) is 5.69 Å². The molecule has 150 valence electrons. The number of carbonyl (C=O) groups excluding carboxylic acids is 2. The molecule has 0 saturated heterocycles. The largest absolute Gasteiger partial charge is 0.452 e. The summed E-state index contributed by atoms with van der Waals surface area (Å²) < 4.78 is 6.75. The number of halogens is 1. The van der Waals surface area contributed by atoms with E-state index in [1.165, 1.54) is 17.7 Å². The summed E-state index contributed by atoms with van der Waals surface area (Å²) in [5.74, 6) is -0.584. The number of anilines is 1. The van der Waals surface area contributed by atoms with E-state index in [-0.39, 0.29) is 11.8 Å². The van der Waals surface area contributed by atoms with E-state index in [1.54, 1.807) is 16.7 Å². The van der Waals surface area contributed by atoms with E-state index in [0.29, 0.717) is 22.9 Å². The second kappa shape index (κ2) is 9.39. The van der Waals surface area contributed by atoms with E-state index in [4.69, 9.17) is 16.3 Å². The van der Waals surface area contributed by atoms with Crippen LogP contribution in [0.2, 0.25) is 5.15 Å². The Morgan fingerprint density at radius 3 is 2.72 bits per heavy atom. The minimum Gasteiger partial charge on any atom is -0.452 e. The number of amides is 1. The maximum Gasteiger partial charge on any atom is 0.331 e. The molecule has 0 aliphatic heterocycles. The standard InChI is InChI=1S/C22H22ClN3O3/c1-3-15(2)16-7-9-17(10-8-16)24-20(27)14-29-21(28)12-11-18-22(23)25-19-6-4-5-13-26(18)19/h4-13,15H,3,14H2,1-2H3,(H,24,27)/b12-11+/t15-/m0/s1. The number of fused-ring (bicyclic) bond motifs is 1. The van der Waals surface area contributed by atoms with Gasteiger partial charge in [-0.1, -0.05) is 43.6 Å². The number of hydrogen-bond donors (Lipinski definition) is 1. The van der Waals surface area contributed by atoms with E-state index in [0.717, 1.165) is 6.42 Å². The Labute approximate surface area is 174 Å². The van der Waals surface area contributed by atoms with Crippen LogP contribution in [0.4, 0.5) is 5.69 Å². The van der Waals surface area contributed by atoms with Crippen LogP contribution in [0.3, 0.4) is 0 Å². The summed E-state index contributed by atoms with van der Waals surface area (Å²) in [6.07, 6.45) is 5.57. The lowest BCUT2D eigenvalue weighted by molar-refractivity contribution is -0.142. The molecule has 0 aliphatic carbocycles. The lowest BCUT2D eigenvalue weighted by Crippen LogP contribution is -2.20. The number of carbonyl (C=O) groups is 2. The van der Waals surface area contributed by atoms with Crippen LogP contribution < -0.4 is 5.32 Å². The maximum atomic E-state index is 12.0. The van der Waals surface area contributed by atoms with Crippen LogP contribution in [0.25, 0.3) is 11.7 Å². The highest BCUT2D eigenvalue weighted by Crippen LogP contribution is 2.21. The molecule has 0 fully saturated rings. The van der Waals surface area contributed by atoms with Gasteiger partial charge in [-0.15, -0.1) is 0 Å². The molecule has 0 radical (unpaired) electrons. The molecule has 29 heavy (non-hydrogen) atoms. The van der Waals surface area contributed by atoms with E-state index in [2.05, 4.69) is 24.1 Å². The first kappa shape index (κ1) is 20.6. The molecule has 1 atom stereocenters. The van der Waals surface area contributed by atoms with Crippen LogP contribution in [0, 0.1) is 0 Å². The minimum atomic E-state index is -0.644. The third-order valence-electron chi connectivity index (χ3n) is 4.62. The predicted octanol–water partition coefficient (Wildman–Crippen LogP) is 4.70. The lowest BCUT2D eigenvalue weighted by Gasteiger charge is -2.10. The third-order valence-corrected chi connectivity index (χ3v) is 4.90. The van der Waals surface area contributed by atoms with Gasteiger partial charge in [0.25, 0.3) is 5.91 Å². The summed E-state index contributed by atoms with van der Waals surface area (Å²) in [6.45, 7) is 3.91. The van der Waals surface area contributed by atoms with Crippen molar-refractivity contribution >= 4 is 40.9 Å². The highest BCUT2D eigenvalue weighted by Gasteiger charge is 2.09. The quantitative estimate of drug-likeness (QED) is 0.452. The van der Waals surface area contributed by atoms with Gasteiger partial charge in [0.15, 0.2) is 11.8 Å². The summed E-state index contributed by atoms with van der Waals surface area (Å²) in [7, 11) is 0. The van der Waals surface area contributed by atoms with Gasteiger partial charge in [-0.3, -0.25) is 9.20 Å². The normalized spacial score (nSPS) is 12.2. The van der Waals surface area contributed by atoms with Crippen molar-refractivity contribution < 1.29 is 14.3 Å². The number of aromatic nitrogens is 2. The molecular weight excluding hydrogens is 390 g/mol. The summed E-state index contributed by atoms with van der Waals surface area (Å²) >= 11 is 6.11. The van der Waals surface area contributed by atoms with Crippen LogP contribution in [0.5, 0.6) is 0 Å². The van der Waals surface area contributed by atoms with Crippen LogP contribution in [-0.2, 0) is 14.3 Å². The van der Waals surface area contributed by atoms with E-state index in [9.17, 15) is 9.59 Å². The number of rotatable bonds is 7. The first-order chi connectivity index (χ1) is 14.0. The summed E-state index contributed by atoms with van der Waals surface area (Å²) in [4.78, 5) is 28.1. The first-order valence-corrected chi connectivity index (χ1v) is 9.73. The molecule has 2 aromatic heterocycles. The Morgan fingerprint density at radius 2 is 2.00 bits per heavy atom. The molecule has 6 nitrogen and oxygen atoms in total. The van der Waals surface area contributed by atoms with Crippen LogP contribution in [-0.4, -0.2) is 27.9 Å². The van der Waals surface area contributed by atoms with Crippen LogP contribution >= 0.6 is 11.6 Å². The fraction of sp³-hybridized carbons (Fsp3) is 0.227. The molecule has 1 aromatic carbocycles. The fourth-order valence-electron chi connectivity index (χ4n) is 2.79. The van der Waals surface area contributed by atoms with Crippen LogP contribution in [0.1, 0.15) is 37.4 Å². The maximum absolute atomic E-state index is 12.0. The highest BCUT2D eigenvalue weighted by atomic mass is 35.5. The average Bonchev–Trinajstić information content (AvgIpc) is 3.05. The monoisotopic (exact) mass is 411 g/mol. The van der Waals surface area contributed by atoms with E-state index >= 15 is 0 Å². The highest BCUT2D eigenvalue weighted by molar-refractivity contribution is 6.31. The Hall–Kier alpha value is -3.12. The number of nitrogens with one attached hydrogen (secondary N) is 1. The molecule has 0 aliphatic rings. The molecule has 0 unspecified atom stereocenters. The van der Waals surface area contributed by atoms with Gasteiger partial charge in [0, 0.05) is 18.0 Å². The van der Waals surface area contributed by atoms with Crippen molar-refractivity contribution in [3.8, 4) is 0 Å². The van der Waals surface area contributed by atoms with Crippen molar-refractivity contribution in [2.75, 3.05) is 11.9 Å². The number of hydrogen-bond acceptors (Lipinski definition) is 4. The van der Waals surface area contributed by atoms with Gasteiger partial charge in [0.2, 0.25) is 0 Å². The SMILES string of the molecule is CC[C@H](C)c1ccc(NC(=O)COC(=O)/C=C/c2c(Cl)nc3ccccn23)cc1. The number of pyridine rings is 1. The van der Waals surface area contributed by atoms with E-state index < -0.39 is 11.9 Å². The molecule has 0 saturated carbocycles. The van der Waals surface area contributed by atoms with Gasteiger partial charge in [-0.25, -0.2) is 9.78 Å². The van der Waals surface area contributed by atoms with Gasteiger partial charge in [-0.05, 0) is 48.2 Å². The van der Waals surface area contributed by atoms with Gasteiger partial charge in [-0.2, -0.15) is 0 Å². The van der Waals surface area contributed by atoms with Crippen molar-refractivity contribution in [2.45, 2.75) is 26.2 Å². The second-order valence-electron chi connectivity index (χ2n) is 6.64. The summed E-state index contributed by atoms with van der Waals surface area (Å²) in [5, 5.41) is 2.99. The minimum absolute atomic E-state index is 0.277. The van der Waals surface area contributed by atoms with Gasteiger partial charge < -0.3 is 10.1 Å². The molecule has 1 N–H and O–H groups in total. The molecular formula is C22H22ClN3O3. The number of esters is 1. The van der Waals surface area contributed by atoms with Crippen LogP contribution in [0.15, 0.2) is 54.7 Å². The van der Waals surface area contributed by atoms with Crippen molar-refractivity contribution in [3.05, 3.63) is 71.1 Å². The zero-order valence-electron chi connectivity index (χ0n) is 16.3. The number of nitrogens with zero attached hydrogens (tertiary/aromatic N) is 2. The summed E-state index contributed by atoms with van der Waals surface area (Å²) in [6, 6.07) is 13.1. The topological polar surface area (TPSA) is 72.7 Å². The molecule has 1 amide bonds. The van der Waals surface area contributed by atoms with Gasteiger partial charge >= 0.3 is 5.97 Å². The number of benzene rings is 1. The fourth-order valence-corrected chi connectivity index (χ4v) is 3.04. The average molecular weight is 412 g/mol. The van der Waals surface area contributed by atoms with Crippen molar-refractivity contribution in [2.24, 2.45) is 0 Å². The molecule has 0 spiro atoms. The van der Waals surface area contributed by atoms with E-state index in [1.807, 2.05) is 36.4 Å². The lowest BCUT2D eigenvalue weighted by atomic mass is 9.99. The Morgan fingerprint density at radius 1 is 1.24 bits per heavy atom. The molecule has 2 heterocycles. The zero-order valence-corrected chi connectivity index (χ0v) is 17.0. The Balaban J connectivity index is 1.53. The number of ether oxygens (including phenoxy) is 1. The zero-order chi connectivity index (χ0) is 20.8. The second-order valence-corrected chi connectivity index (χ2v) is 7.00. The Bertz CT molecular complexity index is 1040. The van der Waals surface area contributed by atoms with Crippen molar-refractivity contribution in [3.63, 3.8) is 0 Å². The van der Waals surface area contributed by atoms with Crippen molar-refractivity contribution in [1.82, 2.24) is 9.38 Å². The predicted molar refractivity (Wildman–Crippen MR) is 114 cm³/mol. The number of imidazole rings is 1. The Kier molecular flexibility index (Phi) is 6.67. The molecule has 0 bridgehead atoms.